The van der Waals surface area contributed by atoms with Gasteiger partial charge in [-0.25, -0.2) is 4.79 Å². The molecule has 3 atom stereocenters. The van der Waals surface area contributed by atoms with Crippen LogP contribution < -0.4 is 20.1 Å². The van der Waals surface area contributed by atoms with Gasteiger partial charge in [-0.05, 0) is 6.07 Å². The molecule has 1 fully saturated rings. The number of rotatable bonds is 5. The first-order valence-electron chi connectivity index (χ1n) is 8.82. The molecule has 1 aliphatic rings. The van der Waals surface area contributed by atoms with Crippen LogP contribution in [0.5, 0.6) is 11.5 Å². The molecule has 0 aliphatic carbocycles. The number of carbonyl (C=O) groups is 2. The summed E-state index contributed by atoms with van der Waals surface area (Å²) >= 11 is 0. The van der Waals surface area contributed by atoms with E-state index in [9.17, 15) is 27.9 Å². The maximum Gasteiger partial charge on any atom is 0.437 e. The number of ether oxygens (including phenoxy) is 2. The molecule has 2 amide bonds. The smallest absolute Gasteiger partial charge is 0.437 e. The Hall–Kier alpha value is -3.27. The van der Waals surface area contributed by atoms with Crippen LogP contribution in [0.3, 0.4) is 0 Å². The van der Waals surface area contributed by atoms with Crippen LogP contribution in [-0.4, -0.2) is 43.0 Å². The van der Waals surface area contributed by atoms with E-state index in [1.807, 2.05) is 0 Å². The summed E-state index contributed by atoms with van der Waals surface area (Å²) in [6.45, 7) is 0. The molecule has 0 radical (unpaired) electrons. The summed E-state index contributed by atoms with van der Waals surface area (Å²) in [5.41, 5.74) is -3.83. The van der Waals surface area contributed by atoms with Crippen LogP contribution >= 0.6 is 0 Å². The minimum absolute atomic E-state index is 0.0302. The van der Waals surface area contributed by atoms with E-state index in [1.54, 1.807) is 6.07 Å². The third kappa shape index (κ3) is 3.54. The zero-order valence-corrected chi connectivity index (χ0v) is 16.0. The lowest BCUT2D eigenvalue weighted by atomic mass is 9.77. The van der Waals surface area contributed by atoms with E-state index in [2.05, 4.69) is 5.32 Å². The Balaban J connectivity index is 2.24. The van der Waals surface area contributed by atoms with Gasteiger partial charge in [-0.3, -0.25) is 4.79 Å². The third-order valence-corrected chi connectivity index (χ3v) is 4.92. The Kier molecular flexibility index (Phi) is 5.62. The number of hydrogen-bond donors (Lipinski definition) is 3. The van der Waals surface area contributed by atoms with Gasteiger partial charge in [0.05, 0.1) is 20.3 Å². The van der Waals surface area contributed by atoms with Gasteiger partial charge in [0, 0.05) is 11.1 Å². The fraction of sp³-hybridized carbons (Fsp3) is 0.300. The number of carbonyl (C=O) groups excluding carboxylic acids is 2. The number of alkyl halides is 3. The van der Waals surface area contributed by atoms with E-state index in [1.165, 1.54) is 62.0 Å². The Morgan fingerprint density at radius 2 is 1.73 bits per heavy atom. The molecule has 0 unspecified atom stereocenters. The van der Waals surface area contributed by atoms with Crippen LogP contribution in [0.25, 0.3) is 0 Å². The van der Waals surface area contributed by atoms with Crippen molar-refractivity contribution in [2.45, 2.75) is 17.9 Å². The second-order valence-corrected chi connectivity index (χ2v) is 6.63. The van der Waals surface area contributed by atoms with Gasteiger partial charge in [-0.15, -0.1) is 0 Å². The van der Waals surface area contributed by atoms with Crippen molar-refractivity contribution in [1.82, 2.24) is 10.6 Å². The highest BCUT2D eigenvalue weighted by Gasteiger charge is 2.66. The van der Waals surface area contributed by atoms with Crippen molar-refractivity contribution < 1.29 is 37.3 Å². The van der Waals surface area contributed by atoms with E-state index in [0.29, 0.717) is 0 Å². The number of ketones is 1. The predicted molar refractivity (Wildman–Crippen MR) is 99.2 cm³/mol. The largest absolute Gasteiger partial charge is 0.493 e. The fourth-order valence-corrected chi connectivity index (χ4v) is 3.54. The number of nitrogens with one attached hydrogen (secondary N) is 2. The molecule has 0 aromatic heterocycles. The molecule has 3 N–H and O–H groups in total. The van der Waals surface area contributed by atoms with Crippen molar-refractivity contribution in [2.24, 2.45) is 5.92 Å². The molecule has 0 bridgehead atoms. The lowest BCUT2D eigenvalue weighted by Crippen LogP contribution is -2.72. The molecule has 30 heavy (non-hydrogen) atoms. The molecule has 160 valence electrons. The standard InChI is InChI=1S/C20H19F3N2O5/c1-29-13-10-6-9-12(17(13)30-2)15-14(16(26)11-7-4-3-5-8-11)19(28,20(21,22)23)25-18(27)24-15/h3-10,14-15,28H,1-2H3,(H2,24,25,27)/t14-,15-,19-/m0/s1. The molecule has 0 spiro atoms. The summed E-state index contributed by atoms with van der Waals surface area (Å²) in [7, 11) is 2.61. The molecular weight excluding hydrogens is 405 g/mol. The number of urea groups is 1. The first-order chi connectivity index (χ1) is 14.1. The summed E-state index contributed by atoms with van der Waals surface area (Å²) < 4.78 is 52.3. The molecule has 2 aromatic rings. The lowest BCUT2D eigenvalue weighted by Gasteiger charge is -2.45. The van der Waals surface area contributed by atoms with Crippen LogP contribution in [0.1, 0.15) is 22.0 Å². The second-order valence-electron chi connectivity index (χ2n) is 6.63. The Labute approximate surface area is 169 Å². The number of hydrogen-bond acceptors (Lipinski definition) is 5. The normalized spacial score (nSPS) is 23.9. The van der Waals surface area contributed by atoms with Gasteiger partial charge in [0.15, 0.2) is 17.3 Å². The average molecular weight is 424 g/mol. The molecular formula is C20H19F3N2O5. The molecule has 2 aromatic carbocycles. The third-order valence-electron chi connectivity index (χ3n) is 4.92. The predicted octanol–water partition coefficient (Wildman–Crippen LogP) is 2.81. The van der Waals surface area contributed by atoms with Crippen molar-refractivity contribution >= 4 is 11.8 Å². The number of amides is 2. The Bertz CT molecular complexity index is 951. The number of aliphatic hydroxyl groups is 1. The van der Waals surface area contributed by atoms with Crippen LogP contribution in [0.4, 0.5) is 18.0 Å². The van der Waals surface area contributed by atoms with Crippen LogP contribution in [0.2, 0.25) is 0 Å². The van der Waals surface area contributed by atoms with Gasteiger partial charge >= 0.3 is 12.2 Å². The molecule has 1 saturated heterocycles. The number of para-hydroxylation sites is 1. The second kappa shape index (κ2) is 7.86. The van der Waals surface area contributed by atoms with Gasteiger partial charge in [-0.2, -0.15) is 13.2 Å². The molecule has 1 aliphatic heterocycles. The quantitative estimate of drug-likeness (QED) is 0.642. The van der Waals surface area contributed by atoms with E-state index in [0.717, 1.165) is 0 Å². The summed E-state index contributed by atoms with van der Waals surface area (Å²) in [4.78, 5) is 25.3. The van der Waals surface area contributed by atoms with Crippen LogP contribution in [-0.2, 0) is 0 Å². The van der Waals surface area contributed by atoms with Crippen molar-refractivity contribution in [2.75, 3.05) is 14.2 Å². The van der Waals surface area contributed by atoms with E-state index < -0.39 is 35.7 Å². The highest BCUT2D eigenvalue weighted by atomic mass is 19.4. The van der Waals surface area contributed by atoms with Gasteiger partial charge in [0.25, 0.3) is 0 Å². The maximum atomic E-state index is 13.9. The monoisotopic (exact) mass is 424 g/mol. The average Bonchev–Trinajstić information content (AvgIpc) is 2.71. The first kappa shape index (κ1) is 21.4. The maximum absolute atomic E-state index is 13.9. The van der Waals surface area contributed by atoms with E-state index in [4.69, 9.17) is 9.47 Å². The fourth-order valence-electron chi connectivity index (χ4n) is 3.54. The highest BCUT2D eigenvalue weighted by Crippen LogP contribution is 2.47. The summed E-state index contributed by atoms with van der Waals surface area (Å²) in [5.74, 6) is -2.96. The van der Waals surface area contributed by atoms with Gasteiger partial charge in [0.2, 0.25) is 5.72 Å². The summed E-state index contributed by atoms with van der Waals surface area (Å²) in [5, 5.41) is 14.4. The van der Waals surface area contributed by atoms with Crippen molar-refractivity contribution in [3.63, 3.8) is 0 Å². The SMILES string of the molecule is COc1cccc([C@@H]2NC(=O)N[C@@](O)(C(F)(F)F)[C@@H]2C(=O)c2ccccc2)c1OC. The number of Topliss-reactive ketones (excluding diaryl/α,β-unsaturated/α-hetero) is 1. The minimum Gasteiger partial charge on any atom is -0.493 e. The van der Waals surface area contributed by atoms with E-state index >= 15 is 0 Å². The molecule has 1 heterocycles. The lowest BCUT2D eigenvalue weighted by molar-refractivity contribution is -0.287. The Morgan fingerprint density at radius 3 is 2.30 bits per heavy atom. The molecule has 10 heteroatoms. The van der Waals surface area contributed by atoms with Crippen LogP contribution in [0.15, 0.2) is 48.5 Å². The Morgan fingerprint density at radius 1 is 1.07 bits per heavy atom. The van der Waals surface area contributed by atoms with Crippen LogP contribution in [0, 0.1) is 5.92 Å². The zero-order chi connectivity index (χ0) is 22.1. The number of halogens is 3. The van der Waals surface area contributed by atoms with Crippen molar-refractivity contribution in [1.29, 1.82) is 0 Å². The van der Waals surface area contributed by atoms with E-state index in [-0.39, 0.29) is 22.6 Å². The topological polar surface area (TPSA) is 96.9 Å². The summed E-state index contributed by atoms with van der Waals surface area (Å²) in [6, 6.07) is 8.73. The molecule has 0 saturated carbocycles. The number of methoxy groups -OCH3 is 2. The summed E-state index contributed by atoms with van der Waals surface area (Å²) in [6.07, 6.45) is -5.34. The van der Waals surface area contributed by atoms with Crippen molar-refractivity contribution in [3.05, 3.63) is 59.7 Å². The number of benzene rings is 2. The van der Waals surface area contributed by atoms with Crippen molar-refractivity contribution in [3.8, 4) is 11.5 Å². The minimum atomic E-state index is -5.34. The first-order valence-corrected chi connectivity index (χ1v) is 8.82. The highest BCUT2D eigenvalue weighted by molar-refractivity contribution is 6.00. The molecule has 7 nitrogen and oxygen atoms in total. The zero-order valence-electron chi connectivity index (χ0n) is 16.0. The van der Waals surface area contributed by atoms with Gasteiger partial charge in [0.1, 0.15) is 5.92 Å². The van der Waals surface area contributed by atoms with Gasteiger partial charge in [-0.1, -0.05) is 42.5 Å². The van der Waals surface area contributed by atoms with Gasteiger partial charge < -0.3 is 25.2 Å². The molecule has 3 rings (SSSR count).